The van der Waals surface area contributed by atoms with E-state index in [1.54, 1.807) is 18.2 Å². The fourth-order valence-electron chi connectivity index (χ4n) is 4.52. The zero-order valence-electron chi connectivity index (χ0n) is 20.0. The molecule has 0 bridgehead atoms. The maximum Gasteiger partial charge on any atom is 0.159 e. The molecule has 4 heteroatoms. The van der Waals surface area contributed by atoms with Gasteiger partial charge in [0.2, 0.25) is 0 Å². The highest BCUT2D eigenvalue weighted by atomic mass is 19.2. The summed E-state index contributed by atoms with van der Waals surface area (Å²) in [7, 11) is 0. The Labute approximate surface area is 204 Å². The van der Waals surface area contributed by atoms with Crippen LogP contribution in [0.3, 0.4) is 0 Å². The van der Waals surface area contributed by atoms with Gasteiger partial charge in [0.15, 0.2) is 11.6 Å². The summed E-state index contributed by atoms with van der Waals surface area (Å²) in [5, 5.41) is 1.32. The second-order valence-electron chi connectivity index (χ2n) is 9.23. The molecule has 0 aliphatic heterocycles. The molecule has 35 heavy (non-hydrogen) atoms. The predicted octanol–water partition coefficient (Wildman–Crippen LogP) is 8.70. The van der Waals surface area contributed by atoms with Crippen molar-refractivity contribution in [1.29, 1.82) is 0 Å². The number of hydrogen-bond donors (Lipinski definition) is 0. The van der Waals surface area contributed by atoms with Gasteiger partial charge in [-0.05, 0) is 89.9 Å². The van der Waals surface area contributed by atoms with Gasteiger partial charge in [0, 0.05) is 5.39 Å². The van der Waals surface area contributed by atoms with E-state index >= 15 is 4.39 Å². The zero-order chi connectivity index (χ0) is 24.8. The van der Waals surface area contributed by atoms with Gasteiger partial charge >= 0.3 is 0 Å². The third kappa shape index (κ3) is 6.30. The highest BCUT2D eigenvalue weighted by molar-refractivity contribution is 5.84. The van der Waals surface area contributed by atoms with Gasteiger partial charge in [-0.15, -0.1) is 0 Å². The number of unbranched alkanes of at least 4 members (excludes halogenated alkanes) is 2. The molecule has 0 spiro atoms. The molecule has 0 unspecified atom stereocenters. The van der Waals surface area contributed by atoms with E-state index in [4.69, 9.17) is 0 Å². The molecule has 182 valence electrons. The molecule has 0 aromatic heterocycles. The maximum absolute atomic E-state index is 15.1. The van der Waals surface area contributed by atoms with Crippen molar-refractivity contribution in [3.8, 4) is 0 Å². The van der Waals surface area contributed by atoms with E-state index < -0.39 is 11.6 Å². The number of fused-ring (bicyclic) bond motifs is 1. The SMILES string of the molecule is CCCCCc1ccc(CCc2ccc3c(F)c(CCc4ccc(F)c(F)c4)ccc3c2)c(F)c1. The summed E-state index contributed by atoms with van der Waals surface area (Å²) >= 11 is 0. The van der Waals surface area contributed by atoms with Gasteiger partial charge in [0.05, 0.1) is 0 Å². The fraction of sp³-hybridized carbons (Fsp3) is 0.290. The number of hydrogen-bond acceptors (Lipinski definition) is 0. The Balaban J connectivity index is 1.41. The first-order valence-corrected chi connectivity index (χ1v) is 12.4. The lowest BCUT2D eigenvalue weighted by Gasteiger charge is -2.10. The molecule has 4 aromatic rings. The molecular formula is C31H30F4. The summed E-state index contributed by atoms with van der Waals surface area (Å²) in [6.45, 7) is 2.16. The molecule has 4 rings (SSSR count). The van der Waals surface area contributed by atoms with Gasteiger partial charge in [-0.3, -0.25) is 0 Å². The molecule has 0 nitrogen and oxygen atoms in total. The second-order valence-corrected chi connectivity index (χ2v) is 9.23. The predicted molar refractivity (Wildman–Crippen MR) is 135 cm³/mol. The summed E-state index contributed by atoms with van der Waals surface area (Å²) in [4.78, 5) is 0. The molecular weight excluding hydrogens is 448 g/mol. The van der Waals surface area contributed by atoms with Gasteiger partial charge in [-0.1, -0.05) is 68.3 Å². The van der Waals surface area contributed by atoms with Crippen LogP contribution >= 0.6 is 0 Å². The Bertz CT molecular complexity index is 1310. The molecule has 4 aromatic carbocycles. The van der Waals surface area contributed by atoms with E-state index in [1.807, 2.05) is 30.3 Å². The van der Waals surface area contributed by atoms with E-state index in [2.05, 4.69) is 6.92 Å². The van der Waals surface area contributed by atoms with Crippen LogP contribution in [0.4, 0.5) is 17.6 Å². The highest BCUT2D eigenvalue weighted by Gasteiger charge is 2.11. The third-order valence-electron chi connectivity index (χ3n) is 6.63. The van der Waals surface area contributed by atoms with Crippen LogP contribution in [-0.2, 0) is 32.1 Å². The summed E-state index contributed by atoms with van der Waals surface area (Å²) < 4.78 is 56.2. The lowest BCUT2D eigenvalue weighted by Crippen LogP contribution is -1.99. The number of rotatable bonds is 10. The topological polar surface area (TPSA) is 0 Å². The van der Waals surface area contributed by atoms with Gasteiger partial charge in [-0.25, -0.2) is 17.6 Å². The lowest BCUT2D eigenvalue weighted by atomic mass is 9.96. The fourth-order valence-corrected chi connectivity index (χ4v) is 4.52. The van der Waals surface area contributed by atoms with E-state index in [1.165, 1.54) is 6.07 Å². The van der Waals surface area contributed by atoms with Gasteiger partial charge in [-0.2, -0.15) is 0 Å². The average Bonchev–Trinajstić information content (AvgIpc) is 2.85. The van der Waals surface area contributed by atoms with Crippen molar-refractivity contribution in [1.82, 2.24) is 0 Å². The minimum atomic E-state index is -0.892. The van der Waals surface area contributed by atoms with Crippen LogP contribution in [0, 0.1) is 23.3 Å². The van der Waals surface area contributed by atoms with E-state index in [0.29, 0.717) is 47.8 Å². The van der Waals surface area contributed by atoms with Crippen LogP contribution in [0.1, 0.15) is 54.0 Å². The van der Waals surface area contributed by atoms with Crippen molar-refractivity contribution < 1.29 is 17.6 Å². The Morgan fingerprint density at radius 2 is 1.14 bits per heavy atom. The summed E-state index contributed by atoms with van der Waals surface area (Å²) in [5.41, 5.74) is 3.93. The van der Waals surface area contributed by atoms with Gasteiger partial charge < -0.3 is 0 Å². The Kier molecular flexibility index (Phi) is 8.22. The number of benzene rings is 4. The number of aryl methyl sites for hydroxylation is 5. The van der Waals surface area contributed by atoms with Crippen LogP contribution in [0.2, 0.25) is 0 Å². The van der Waals surface area contributed by atoms with Crippen molar-refractivity contribution in [2.75, 3.05) is 0 Å². The Morgan fingerprint density at radius 1 is 0.514 bits per heavy atom. The minimum absolute atomic E-state index is 0.156. The first-order valence-electron chi connectivity index (χ1n) is 12.4. The summed E-state index contributed by atoms with van der Waals surface area (Å²) in [6.07, 6.45) is 6.35. The average molecular weight is 479 g/mol. The lowest BCUT2D eigenvalue weighted by molar-refractivity contribution is 0.507. The second kappa shape index (κ2) is 11.5. The van der Waals surface area contributed by atoms with Gasteiger partial charge in [0.25, 0.3) is 0 Å². The summed E-state index contributed by atoms with van der Waals surface area (Å²) in [6, 6.07) is 18.6. The molecule has 0 N–H and O–H groups in total. The van der Waals surface area contributed by atoms with Crippen molar-refractivity contribution in [3.05, 3.63) is 118 Å². The van der Waals surface area contributed by atoms with Crippen molar-refractivity contribution in [2.24, 2.45) is 0 Å². The van der Waals surface area contributed by atoms with Crippen LogP contribution < -0.4 is 0 Å². The molecule has 0 fully saturated rings. The molecule has 0 aliphatic carbocycles. The first kappa shape index (κ1) is 25.0. The molecule has 0 amide bonds. The smallest absolute Gasteiger partial charge is 0.159 e. The van der Waals surface area contributed by atoms with E-state index in [-0.39, 0.29) is 11.6 Å². The Morgan fingerprint density at radius 3 is 1.89 bits per heavy atom. The van der Waals surface area contributed by atoms with Crippen LogP contribution in [-0.4, -0.2) is 0 Å². The molecule has 0 saturated carbocycles. The molecule has 0 atom stereocenters. The Hall–Kier alpha value is -3.14. The van der Waals surface area contributed by atoms with E-state index in [9.17, 15) is 13.2 Å². The molecule has 0 saturated heterocycles. The third-order valence-corrected chi connectivity index (χ3v) is 6.63. The first-order chi connectivity index (χ1) is 16.9. The monoisotopic (exact) mass is 478 g/mol. The normalized spacial score (nSPS) is 11.3. The van der Waals surface area contributed by atoms with E-state index in [0.717, 1.165) is 54.3 Å². The van der Waals surface area contributed by atoms with Crippen LogP contribution in [0.25, 0.3) is 10.8 Å². The minimum Gasteiger partial charge on any atom is -0.207 e. The molecule has 0 aliphatic rings. The maximum atomic E-state index is 15.1. The zero-order valence-corrected chi connectivity index (χ0v) is 20.0. The largest absolute Gasteiger partial charge is 0.207 e. The van der Waals surface area contributed by atoms with Crippen molar-refractivity contribution >= 4 is 10.8 Å². The summed E-state index contributed by atoms with van der Waals surface area (Å²) in [5.74, 6) is -2.22. The van der Waals surface area contributed by atoms with Crippen LogP contribution in [0.15, 0.2) is 66.7 Å². The van der Waals surface area contributed by atoms with Gasteiger partial charge in [0.1, 0.15) is 11.6 Å². The number of halogens is 4. The van der Waals surface area contributed by atoms with Crippen molar-refractivity contribution in [3.63, 3.8) is 0 Å². The standard InChI is InChI=1S/C31H30F4/c1-2-3-4-5-21-6-11-24(29(33)19-21)12-7-22-9-16-27-26(18-22)15-14-25(31(27)35)13-8-23-10-17-28(32)30(34)20-23/h6,9-11,14-20H,2-5,7-8,12-13H2,1H3. The highest BCUT2D eigenvalue weighted by Crippen LogP contribution is 2.25. The van der Waals surface area contributed by atoms with Crippen LogP contribution in [0.5, 0.6) is 0 Å². The molecule has 0 radical (unpaired) electrons. The molecule has 0 heterocycles. The van der Waals surface area contributed by atoms with Crippen molar-refractivity contribution in [2.45, 2.75) is 58.3 Å². The quantitative estimate of drug-likeness (QED) is 0.158.